The number of rotatable bonds is 7. The van der Waals surface area contributed by atoms with Crippen LogP contribution >= 0.6 is 17.0 Å². The van der Waals surface area contributed by atoms with E-state index in [4.69, 9.17) is 16.3 Å². The van der Waals surface area contributed by atoms with Gasteiger partial charge < -0.3 is 9.61 Å². The van der Waals surface area contributed by atoms with E-state index in [0.717, 1.165) is 13.0 Å². The Kier molecular flexibility index (Phi) is 7.92. The molecule has 0 amide bonds. The number of nitrogens with zero attached hydrogens (tertiary/aromatic N) is 1. The molecule has 0 rings (SSSR count). The molecule has 0 aliphatic carbocycles. The van der Waals surface area contributed by atoms with Gasteiger partial charge in [0.05, 0.1) is 12.4 Å². The van der Waals surface area contributed by atoms with Gasteiger partial charge in [0.2, 0.25) is 5.62 Å². The van der Waals surface area contributed by atoms with E-state index < -0.39 is 5.62 Å². The topological polar surface area (TPSA) is 33.6 Å². The number of aliphatic imine (C=N–C) groups is 1. The zero-order valence-electron chi connectivity index (χ0n) is 9.19. The van der Waals surface area contributed by atoms with E-state index in [0.29, 0.717) is 0 Å². The van der Waals surface area contributed by atoms with Crippen molar-refractivity contribution in [2.45, 2.75) is 33.3 Å². The maximum absolute atomic E-state index is 5.65. The summed E-state index contributed by atoms with van der Waals surface area (Å²) < 4.78 is 5.65. The molecule has 1 N–H and O–H groups in total. The lowest BCUT2D eigenvalue weighted by Gasteiger charge is -2.21. The molecule has 0 saturated carbocycles. The minimum atomic E-state index is -1.95. The first kappa shape index (κ1) is 14.4. The van der Waals surface area contributed by atoms with Gasteiger partial charge in [-0.15, -0.1) is 0 Å². The van der Waals surface area contributed by atoms with Gasteiger partial charge in [-0.3, -0.25) is 4.99 Å². The Labute approximate surface area is 96.0 Å². The number of nitrogens with one attached hydrogen (secondary N) is 1. The molecule has 0 bridgehead atoms. The predicted octanol–water partition coefficient (Wildman–Crippen LogP) is 3.03. The van der Waals surface area contributed by atoms with Crippen molar-refractivity contribution in [2.75, 3.05) is 12.8 Å². The highest BCUT2D eigenvalue weighted by Crippen LogP contribution is 2.54. The minimum Gasteiger partial charge on any atom is -0.324 e. The largest absolute Gasteiger partial charge is 0.324 e. The molecule has 84 valence electrons. The zero-order chi connectivity index (χ0) is 11.0. The molecule has 1 atom stereocenters. The second kappa shape index (κ2) is 7.69. The molecule has 0 heterocycles. The van der Waals surface area contributed by atoms with Crippen LogP contribution in [0.1, 0.15) is 27.2 Å². The van der Waals surface area contributed by atoms with E-state index in [1.54, 1.807) is 17.7 Å². The SMILES string of the molecule is CCCN=CNP(=S)(OC(C)C)SC. The summed E-state index contributed by atoms with van der Waals surface area (Å²) in [6.07, 6.45) is 4.85. The first-order chi connectivity index (χ1) is 6.54. The Balaban J connectivity index is 4.06. The van der Waals surface area contributed by atoms with Gasteiger partial charge in [0, 0.05) is 6.54 Å². The summed E-state index contributed by atoms with van der Waals surface area (Å²) >= 11 is 6.94. The van der Waals surface area contributed by atoms with Crippen LogP contribution in [0.15, 0.2) is 4.99 Å². The highest BCUT2D eigenvalue weighted by atomic mass is 32.9. The number of hydrogen-bond donors (Lipinski definition) is 1. The lowest BCUT2D eigenvalue weighted by Crippen LogP contribution is -2.11. The van der Waals surface area contributed by atoms with Crippen molar-refractivity contribution in [1.29, 1.82) is 0 Å². The predicted molar refractivity (Wildman–Crippen MR) is 70.8 cm³/mol. The molecule has 0 aromatic carbocycles. The Morgan fingerprint density at radius 2 is 2.29 bits per heavy atom. The van der Waals surface area contributed by atoms with Crippen LogP contribution in [0.2, 0.25) is 0 Å². The van der Waals surface area contributed by atoms with E-state index in [2.05, 4.69) is 17.0 Å². The zero-order valence-corrected chi connectivity index (χ0v) is 11.7. The second-order valence-electron chi connectivity index (χ2n) is 3.00. The molecule has 0 spiro atoms. The van der Waals surface area contributed by atoms with Crippen molar-refractivity contribution in [1.82, 2.24) is 5.09 Å². The fourth-order valence-corrected chi connectivity index (χ4v) is 3.63. The average molecular weight is 254 g/mol. The Bertz CT molecular complexity index is 221. The normalized spacial score (nSPS) is 16.1. The lowest BCUT2D eigenvalue weighted by molar-refractivity contribution is 0.274. The van der Waals surface area contributed by atoms with Gasteiger partial charge in [0.25, 0.3) is 0 Å². The van der Waals surface area contributed by atoms with Crippen LogP contribution in [0.4, 0.5) is 0 Å². The maximum Gasteiger partial charge on any atom is 0.211 e. The summed E-state index contributed by atoms with van der Waals surface area (Å²) in [4.78, 5) is 4.16. The second-order valence-corrected chi connectivity index (χ2v) is 9.70. The summed E-state index contributed by atoms with van der Waals surface area (Å²) in [5, 5.41) is 3.09. The highest BCUT2D eigenvalue weighted by Gasteiger charge is 2.15. The van der Waals surface area contributed by atoms with E-state index in [9.17, 15) is 0 Å². The van der Waals surface area contributed by atoms with E-state index in [1.165, 1.54) is 0 Å². The number of hydrogen-bond acceptors (Lipinski definition) is 4. The summed E-state index contributed by atoms with van der Waals surface area (Å²) in [6.45, 7) is 6.90. The molecular formula is C8H19N2OPS2. The van der Waals surface area contributed by atoms with Gasteiger partial charge in [-0.05, 0) is 38.3 Å². The average Bonchev–Trinajstić information content (AvgIpc) is 2.11. The van der Waals surface area contributed by atoms with Crippen LogP contribution in [-0.4, -0.2) is 25.2 Å². The van der Waals surface area contributed by atoms with Gasteiger partial charge >= 0.3 is 0 Å². The van der Waals surface area contributed by atoms with Crippen molar-refractivity contribution >= 4 is 35.1 Å². The van der Waals surface area contributed by atoms with Crippen molar-refractivity contribution in [3.63, 3.8) is 0 Å². The maximum atomic E-state index is 5.65. The first-order valence-corrected chi connectivity index (χ1v) is 9.19. The van der Waals surface area contributed by atoms with Gasteiger partial charge in [-0.2, -0.15) is 0 Å². The van der Waals surface area contributed by atoms with E-state index in [-0.39, 0.29) is 6.10 Å². The third-order valence-corrected chi connectivity index (χ3v) is 6.79. The lowest BCUT2D eigenvalue weighted by atomic mass is 10.5. The van der Waals surface area contributed by atoms with Crippen LogP contribution in [0, 0.1) is 0 Å². The summed E-state index contributed by atoms with van der Waals surface area (Å²) in [5.74, 6) is 0. The minimum absolute atomic E-state index is 0.153. The van der Waals surface area contributed by atoms with Crippen LogP contribution in [0.5, 0.6) is 0 Å². The van der Waals surface area contributed by atoms with Crippen LogP contribution in [0.25, 0.3) is 0 Å². The quantitative estimate of drug-likeness (QED) is 0.430. The monoisotopic (exact) mass is 254 g/mol. The molecule has 0 aromatic heterocycles. The summed E-state index contributed by atoms with van der Waals surface area (Å²) in [6, 6.07) is 0. The molecular weight excluding hydrogens is 235 g/mol. The molecule has 0 aliphatic heterocycles. The molecule has 3 nitrogen and oxygen atoms in total. The molecule has 1 unspecified atom stereocenters. The fraction of sp³-hybridized carbons (Fsp3) is 0.875. The fourth-order valence-electron chi connectivity index (χ4n) is 0.709. The Morgan fingerprint density at radius 1 is 1.64 bits per heavy atom. The third-order valence-electron chi connectivity index (χ3n) is 1.25. The van der Waals surface area contributed by atoms with Crippen molar-refractivity contribution < 1.29 is 4.52 Å². The standard InChI is InChI=1S/C8H19N2OPS2/c1-5-6-9-7-10-12(13,14-4)11-8(2)3/h7-8H,5-6H2,1-4H3,(H,9,10,13). The first-order valence-electron chi connectivity index (χ1n) is 4.64. The molecule has 0 radical (unpaired) electrons. The van der Waals surface area contributed by atoms with Gasteiger partial charge in [-0.1, -0.05) is 18.3 Å². The molecule has 0 saturated heterocycles. The molecule has 6 heteroatoms. The Hall–Kier alpha value is 0.430. The van der Waals surface area contributed by atoms with Crippen LogP contribution < -0.4 is 5.09 Å². The van der Waals surface area contributed by atoms with Crippen LogP contribution in [0.3, 0.4) is 0 Å². The van der Waals surface area contributed by atoms with E-state index in [1.807, 2.05) is 20.1 Å². The molecule has 0 fully saturated rings. The smallest absolute Gasteiger partial charge is 0.211 e. The van der Waals surface area contributed by atoms with Gasteiger partial charge in [-0.25, -0.2) is 0 Å². The van der Waals surface area contributed by atoms with Gasteiger partial charge in [0.1, 0.15) is 0 Å². The van der Waals surface area contributed by atoms with E-state index >= 15 is 0 Å². The van der Waals surface area contributed by atoms with Crippen molar-refractivity contribution in [2.24, 2.45) is 4.99 Å². The highest BCUT2D eigenvalue weighted by molar-refractivity contribution is 8.68. The molecule has 0 aromatic rings. The summed E-state index contributed by atoms with van der Waals surface area (Å²) in [7, 11) is 0. The summed E-state index contributed by atoms with van der Waals surface area (Å²) in [5.41, 5.74) is -1.95. The molecule has 14 heavy (non-hydrogen) atoms. The molecule has 0 aliphatic rings. The van der Waals surface area contributed by atoms with Gasteiger partial charge in [0.15, 0.2) is 0 Å². The third kappa shape index (κ3) is 6.82. The van der Waals surface area contributed by atoms with Crippen molar-refractivity contribution in [3.8, 4) is 0 Å². The van der Waals surface area contributed by atoms with Crippen molar-refractivity contribution in [3.05, 3.63) is 0 Å². The Morgan fingerprint density at radius 3 is 2.71 bits per heavy atom. The van der Waals surface area contributed by atoms with Crippen LogP contribution in [-0.2, 0) is 16.3 Å².